The summed E-state index contributed by atoms with van der Waals surface area (Å²) in [5.41, 5.74) is 3.01. The number of quaternary nitrogens is 1. The molecule has 7 nitrogen and oxygen atoms in total. The molecular weight excluding hydrogens is 404 g/mol. The first-order valence-electron chi connectivity index (χ1n) is 9.24. The maximum Gasteiger partial charge on any atom is 0.427 e. The molecule has 0 aliphatic carbocycles. The summed E-state index contributed by atoms with van der Waals surface area (Å²) < 4.78 is 0. The Kier molecular flexibility index (Phi) is 5.31. The van der Waals surface area contributed by atoms with Crippen LogP contribution in [-0.4, -0.2) is 29.9 Å². The molecule has 4 amide bonds. The zero-order chi connectivity index (χ0) is 21.3. The topological polar surface area (TPSA) is 96.0 Å². The molecule has 4 rings (SSSR count). The molecule has 2 heterocycles. The van der Waals surface area contributed by atoms with Crippen LogP contribution in [0.25, 0.3) is 11.3 Å². The van der Waals surface area contributed by atoms with Crippen molar-refractivity contribution in [2.45, 2.75) is 6.42 Å². The fourth-order valence-corrected chi connectivity index (χ4v) is 3.47. The molecule has 150 valence electrons. The van der Waals surface area contributed by atoms with Gasteiger partial charge in [0, 0.05) is 17.6 Å². The number of amides is 4. The molecular formula is C22H18ClN4O3+. The number of carbonyl (C=O) groups is 3. The molecule has 0 spiro atoms. The number of benzene rings is 2. The normalized spacial score (nSPS) is 13.2. The van der Waals surface area contributed by atoms with Crippen molar-refractivity contribution in [3.05, 3.63) is 76.8 Å². The van der Waals surface area contributed by atoms with Crippen molar-refractivity contribution in [3.8, 4) is 11.3 Å². The minimum atomic E-state index is -0.389. The minimum Gasteiger partial charge on any atom is -0.310 e. The number of halogens is 1. The van der Waals surface area contributed by atoms with Crippen molar-refractivity contribution in [2.24, 2.45) is 0 Å². The van der Waals surface area contributed by atoms with Gasteiger partial charge in [-0.05, 0) is 35.9 Å². The summed E-state index contributed by atoms with van der Waals surface area (Å²) >= 11 is 5.93. The number of nitrogens with two attached hydrogens (primary N) is 1. The number of fused-ring (bicyclic) bond motifs is 1. The van der Waals surface area contributed by atoms with Crippen LogP contribution in [0, 0.1) is 0 Å². The van der Waals surface area contributed by atoms with E-state index >= 15 is 0 Å². The van der Waals surface area contributed by atoms with Gasteiger partial charge in [0.2, 0.25) is 5.91 Å². The fraction of sp³-hybridized carbons (Fsp3) is 0.0909. The highest BCUT2D eigenvalue weighted by molar-refractivity contribution is 6.30. The minimum absolute atomic E-state index is 0.0162. The summed E-state index contributed by atoms with van der Waals surface area (Å²) in [5.74, 6) is -0.293. The second kappa shape index (κ2) is 8.06. The Morgan fingerprint density at radius 3 is 2.57 bits per heavy atom. The van der Waals surface area contributed by atoms with Crippen molar-refractivity contribution in [2.75, 3.05) is 17.3 Å². The molecule has 3 aromatic rings. The van der Waals surface area contributed by atoms with Crippen molar-refractivity contribution in [1.82, 2.24) is 4.98 Å². The van der Waals surface area contributed by atoms with Gasteiger partial charge in [0.25, 0.3) is 0 Å². The predicted molar refractivity (Wildman–Crippen MR) is 114 cm³/mol. The number of nitrogens with zero attached hydrogens (tertiary/aromatic N) is 2. The molecule has 1 aromatic heterocycles. The highest BCUT2D eigenvalue weighted by Gasteiger charge is 2.34. The maximum atomic E-state index is 12.6. The average Bonchev–Trinajstić information content (AvgIpc) is 2.72. The number of anilines is 2. The van der Waals surface area contributed by atoms with Gasteiger partial charge in [0.05, 0.1) is 17.8 Å². The Hall–Kier alpha value is -3.55. The van der Waals surface area contributed by atoms with E-state index in [4.69, 9.17) is 11.6 Å². The van der Waals surface area contributed by atoms with Gasteiger partial charge in [-0.2, -0.15) is 5.32 Å². The van der Waals surface area contributed by atoms with E-state index in [0.717, 1.165) is 10.9 Å². The summed E-state index contributed by atoms with van der Waals surface area (Å²) in [4.78, 5) is 42.8. The van der Waals surface area contributed by atoms with Gasteiger partial charge >= 0.3 is 11.9 Å². The van der Waals surface area contributed by atoms with E-state index in [1.165, 1.54) is 4.90 Å². The number of rotatable bonds is 4. The molecule has 0 saturated heterocycles. The Morgan fingerprint density at radius 2 is 1.80 bits per heavy atom. The van der Waals surface area contributed by atoms with Gasteiger partial charge in [-0.3, -0.25) is 9.69 Å². The molecule has 30 heavy (non-hydrogen) atoms. The van der Waals surface area contributed by atoms with Gasteiger partial charge in [0.1, 0.15) is 11.4 Å². The van der Waals surface area contributed by atoms with Crippen molar-refractivity contribution >= 4 is 41.0 Å². The summed E-state index contributed by atoms with van der Waals surface area (Å²) in [6.07, 6.45) is -0.0162. The van der Waals surface area contributed by atoms with Crippen LogP contribution in [-0.2, 0) is 11.2 Å². The monoisotopic (exact) mass is 421 g/mol. The second-order valence-corrected chi connectivity index (χ2v) is 7.29. The number of aromatic nitrogens is 1. The molecule has 0 radical (unpaired) electrons. The lowest BCUT2D eigenvalue weighted by Gasteiger charge is -2.23. The molecule has 0 atom stereocenters. The van der Waals surface area contributed by atoms with Gasteiger partial charge in [-0.15, -0.1) is 0 Å². The second-order valence-electron chi connectivity index (χ2n) is 6.86. The number of urea groups is 1. The molecule has 0 saturated carbocycles. The number of primary amides is 2. The fourth-order valence-electron chi connectivity index (χ4n) is 3.34. The highest BCUT2D eigenvalue weighted by Crippen LogP contribution is 2.25. The Labute approximate surface area is 177 Å². The first-order valence-corrected chi connectivity index (χ1v) is 9.61. The molecule has 8 heteroatoms. The van der Waals surface area contributed by atoms with Crippen LogP contribution in [0.1, 0.15) is 15.9 Å². The van der Waals surface area contributed by atoms with E-state index in [0.29, 0.717) is 33.3 Å². The Bertz CT molecular complexity index is 1160. The number of hydrogen-bond donors (Lipinski definition) is 2. The SMILES string of the molecule is CN1C(=O)[NH2+]C(=O)c2c(CC(=O)Nc3cccc(-c4ccc(Cl)cc4)n3)cccc21. The van der Waals surface area contributed by atoms with Crippen molar-refractivity contribution in [1.29, 1.82) is 0 Å². The number of carbonyl (C=O) groups excluding carboxylic acids is 3. The van der Waals surface area contributed by atoms with E-state index in [1.54, 1.807) is 49.5 Å². The number of nitrogens with one attached hydrogen (secondary N) is 1. The van der Waals surface area contributed by atoms with Crippen LogP contribution in [0.4, 0.5) is 16.3 Å². The number of hydrogen-bond acceptors (Lipinski definition) is 4. The van der Waals surface area contributed by atoms with E-state index in [-0.39, 0.29) is 24.3 Å². The van der Waals surface area contributed by atoms with Crippen LogP contribution >= 0.6 is 11.6 Å². The van der Waals surface area contributed by atoms with E-state index in [2.05, 4.69) is 10.3 Å². The number of imide groups is 1. The summed E-state index contributed by atoms with van der Waals surface area (Å²) in [6, 6.07) is 17.4. The standard InChI is InChI=1S/C22H17ClN4O3/c1-27-17-6-2-4-14(20(17)21(29)26-22(27)30)12-19(28)25-18-7-3-5-16(24-18)13-8-10-15(23)11-9-13/h2-11H,12H2,1H3,(H,24,25,28)(H,26,29,30)/p+1. The summed E-state index contributed by atoms with van der Waals surface area (Å²) in [6.45, 7) is 0. The first-order chi connectivity index (χ1) is 14.4. The van der Waals surface area contributed by atoms with Crippen LogP contribution in [0.5, 0.6) is 0 Å². The molecule has 0 bridgehead atoms. The van der Waals surface area contributed by atoms with Crippen molar-refractivity contribution < 1.29 is 19.7 Å². The molecule has 1 aliphatic heterocycles. The summed E-state index contributed by atoms with van der Waals surface area (Å²) in [7, 11) is 1.60. The lowest BCUT2D eigenvalue weighted by molar-refractivity contribution is -0.449. The zero-order valence-corrected chi connectivity index (χ0v) is 16.8. The van der Waals surface area contributed by atoms with Gasteiger partial charge in [0.15, 0.2) is 0 Å². The van der Waals surface area contributed by atoms with E-state index in [9.17, 15) is 14.4 Å². The van der Waals surface area contributed by atoms with Gasteiger partial charge in [-0.1, -0.05) is 41.9 Å². The Morgan fingerprint density at radius 1 is 1.07 bits per heavy atom. The third-order valence-electron chi connectivity index (χ3n) is 4.83. The summed E-state index contributed by atoms with van der Waals surface area (Å²) in [5, 5.41) is 4.45. The third-order valence-corrected chi connectivity index (χ3v) is 5.08. The maximum absolute atomic E-state index is 12.6. The molecule has 3 N–H and O–H groups in total. The largest absolute Gasteiger partial charge is 0.427 e. The Balaban J connectivity index is 1.54. The van der Waals surface area contributed by atoms with Crippen LogP contribution < -0.4 is 15.5 Å². The molecule has 0 unspecified atom stereocenters. The van der Waals surface area contributed by atoms with Crippen LogP contribution in [0.2, 0.25) is 5.02 Å². The van der Waals surface area contributed by atoms with E-state index < -0.39 is 0 Å². The lowest BCUT2D eigenvalue weighted by Crippen LogP contribution is -2.95. The smallest absolute Gasteiger partial charge is 0.310 e. The van der Waals surface area contributed by atoms with E-state index in [1.807, 2.05) is 18.2 Å². The highest BCUT2D eigenvalue weighted by atomic mass is 35.5. The zero-order valence-electron chi connectivity index (χ0n) is 16.1. The molecule has 2 aromatic carbocycles. The van der Waals surface area contributed by atoms with Gasteiger partial charge < -0.3 is 5.32 Å². The van der Waals surface area contributed by atoms with Crippen molar-refractivity contribution in [3.63, 3.8) is 0 Å². The van der Waals surface area contributed by atoms with Crippen LogP contribution in [0.15, 0.2) is 60.7 Å². The third kappa shape index (κ3) is 3.94. The number of pyridine rings is 1. The van der Waals surface area contributed by atoms with Gasteiger partial charge in [-0.25, -0.2) is 14.6 Å². The molecule has 0 fully saturated rings. The average molecular weight is 422 g/mol. The van der Waals surface area contributed by atoms with Crippen LogP contribution in [0.3, 0.4) is 0 Å². The quantitative estimate of drug-likeness (QED) is 0.677. The predicted octanol–water partition coefficient (Wildman–Crippen LogP) is 2.86. The lowest BCUT2D eigenvalue weighted by atomic mass is 9.99. The first kappa shape index (κ1) is 19.8. The molecule has 1 aliphatic rings.